The van der Waals surface area contributed by atoms with Crippen LogP contribution in [0.15, 0.2) is 22.6 Å². The van der Waals surface area contributed by atoms with Crippen molar-refractivity contribution < 1.29 is 23.2 Å². The van der Waals surface area contributed by atoms with Gasteiger partial charge in [-0.1, -0.05) is 89.9 Å². The van der Waals surface area contributed by atoms with Crippen LogP contribution < -0.4 is 0 Å². The smallest absolute Gasteiger partial charge is 0.309 e. The summed E-state index contributed by atoms with van der Waals surface area (Å²) in [5, 5.41) is 3.15. The van der Waals surface area contributed by atoms with Crippen LogP contribution in [0.3, 0.4) is 0 Å². The van der Waals surface area contributed by atoms with Crippen LogP contribution in [-0.4, -0.2) is 57.0 Å². The first-order valence-electron chi connectivity index (χ1n) is 18.1. The molecule has 0 aliphatic rings. The zero-order valence-corrected chi connectivity index (χ0v) is 38.5. The quantitative estimate of drug-likeness (QED) is 0.0600. The first kappa shape index (κ1) is 46.1. The van der Waals surface area contributed by atoms with Gasteiger partial charge >= 0.3 is 5.97 Å². The minimum absolute atomic E-state index is 0.00208. The number of thiazole rings is 1. The zero-order chi connectivity index (χ0) is 38.2. The van der Waals surface area contributed by atoms with Crippen molar-refractivity contribution >= 4 is 61.7 Å². The molecular weight excluding hydrogens is 731 g/mol. The normalized spacial score (nSPS) is 16.7. The molecule has 49 heavy (non-hydrogen) atoms. The number of hydrogen-bond acceptors (Lipinski definition) is 7. The molecule has 0 saturated carbocycles. The summed E-state index contributed by atoms with van der Waals surface area (Å²) in [5.41, 5.74) is 2.20. The van der Waals surface area contributed by atoms with Crippen molar-refractivity contribution in [3.63, 3.8) is 0 Å². The van der Waals surface area contributed by atoms with Gasteiger partial charge in [-0.15, -0.1) is 11.3 Å². The SMILES string of the molecule is C/C(=C/CC(OC(=O)C[C@H](O[Si](C)(C)C(C)(C)C)C(C)(C)C(=O)C(C)Br)/C(C)=C/c1csc(C)n1)CCCC(C)CO[Si](C)(C)C(C)(C)C. The van der Waals surface area contributed by atoms with Crippen LogP contribution in [0.25, 0.3) is 6.08 Å². The second kappa shape index (κ2) is 18.7. The third-order valence-electron chi connectivity index (χ3n) is 10.7. The topological polar surface area (TPSA) is 74.7 Å². The van der Waals surface area contributed by atoms with E-state index in [1.807, 2.05) is 46.1 Å². The number of ether oxygens (including phenoxy) is 1. The van der Waals surface area contributed by atoms with Crippen LogP contribution in [0.2, 0.25) is 36.3 Å². The van der Waals surface area contributed by atoms with Crippen molar-refractivity contribution in [2.45, 2.75) is 175 Å². The van der Waals surface area contributed by atoms with E-state index in [4.69, 9.17) is 13.6 Å². The van der Waals surface area contributed by atoms with Gasteiger partial charge in [0, 0.05) is 23.8 Å². The molecule has 6 nitrogen and oxygen atoms in total. The number of esters is 1. The second-order valence-electron chi connectivity index (χ2n) is 17.8. The van der Waals surface area contributed by atoms with E-state index in [0.717, 1.165) is 42.1 Å². The fourth-order valence-corrected chi connectivity index (χ4v) is 8.63. The van der Waals surface area contributed by atoms with Gasteiger partial charge in [0.2, 0.25) is 0 Å². The van der Waals surface area contributed by atoms with Crippen LogP contribution in [-0.2, 0) is 23.2 Å². The van der Waals surface area contributed by atoms with E-state index in [2.05, 4.69) is 109 Å². The van der Waals surface area contributed by atoms with Gasteiger partial charge in [-0.3, -0.25) is 9.59 Å². The second-order valence-corrected chi connectivity index (χ2v) is 29.8. The average molecular weight is 801 g/mol. The number of aromatic nitrogens is 1. The summed E-state index contributed by atoms with van der Waals surface area (Å²) in [7, 11) is -4.06. The summed E-state index contributed by atoms with van der Waals surface area (Å²) in [6.07, 6.45) is 6.91. The van der Waals surface area contributed by atoms with E-state index in [9.17, 15) is 9.59 Å². The van der Waals surface area contributed by atoms with Gasteiger partial charge in [-0.2, -0.15) is 0 Å². The Morgan fingerprint density at radius 3 is 2.04 bits per heavy atom. The van der Waals surface area contributed by atoms with Crippen LogP contribution in [0, 0.1) is 18.3 Å². The Hall–Kier alpha value is -0.916. The third kappa shape index (κ3) is 14.9. The number of alkyl halides is 1. The molecule has 1 heterocycles. The van der Waals surface area contributed by atoms with Gasteiger partial charge < -0.3 is 13.6 Å². The molecule has 0 aliphatic heterocycles. The molecule has 10 heteroatoms. The molecule has 0 aromatic carbocycles. The highest BCUT2D eigenvalue weighted by Crippen LogP contribution is 2.42. The lowest BCUT2D eigenvalue weighted by atomic mass is 9.79. The number of ketones is 1. The highest BCUT2D eigenvalue weighted by Gasteiger charge is 2.47. The van der Waals surface area contributed by atoms with Crippen LogP contribution in [0.4, 0.5) is 0 Å². The first-order chi connectivity index (χ1) is 22.1. The molecule has 1 rings (SSSR count). The predicted molar refractivity (Wildman–Crippen MR) is 219 cm³/mol. The number of allylic oxidation sites excluding steroid dienone is 1. The highest BCUT2D eigenvalue weighted by molar-refractivity contribution is 9.10. The zero-order valence-electron chi connectivity index (χ0n) is 34.1. The van der Waals surface area contributed by atoms with Crippen molar-refractivity contribution in [1.29, 1.82) is 0 Å². The fraction of sp³-hybridized carbons (Fsp3) is 0.769. The van der Waals surface area contributed by atoms with E-state index in [1.54, 1.807) is 11.3 Å². The Bertz CT molecular complexity index is 1290. The molecule has 0 amide bonds. The monoisotopic (exact) mass is 799 g/mol. The van der Waals surface area contributed by atoms with Gasteiger partial charge in [0.15, 0.2) is 22.4 Å². The lowest BCUT2D eigenvalue weighted by Gasteiger charge is -2.43. The van der Waals surface area contributed by atoms with Crippen molar-refractivity contribution in [2.24, 2.45) is 11.3 Å². The molecule has 4 atom stereocenters. The summed E-state index contributed by atoms with van der Waals surface area (Å²) in [4.78, 5) is 31.4. The number of carbonyl (C=O) groups is 2. The van der Waals surface area contributed by atoms with Crippen molar-refractivity contribution in [2.75, 3.05) is 6.61 Å². The Labute approximate surface area is 315 Å². The maximum Gasteiger partial charge on any atom is 0.309 e. The molecule has 1 aromatic rings. The molecule has 1 aromatic heterocycles. The molecule has 0 fully saturated rings. The Kier molecular flexibility index (Phi) is 17.6. The standard InChI is InChI=1S/C39H70BrNO5SSi2/c1-27(19-18-20-28(2)25-44-48(14,15)37(6,7)8)21-22-33(29(3)23-32-26-47-31(5)41-32)45-35(42)24-34(39(12,13)36(43)30(4)40)46-49(16,17)38(9,10)11/h21,23,26,28,30,33-34H,18-20,22,24-25H2,1-17H3/b27-21-,29-23+/t28?,30?,33?,34-/m0/s1. The van der Waals surface area contributed by atoms with E-state index < -0.39 is 34.3 Å². The lowest BCUT2D eigenvalue weighted by molar-refractivity contribution is -0.152. The van der Waals surface area contributed by atoms with Gasteiger partial charge in [0.1, 0.15) is 6.10 Å². The van der Waals surface area contributed by atoms with Crippen molar-refractivity contribution in [1.82, 2.24) is 4.98 Å². The molecule has 282 valence electrons. The molecule has 0 aliphatic carbocycles. The van der Waals surface area contributed by atoms with Crippen molar-refractivity contribution in [3.05, 3.63) is 33.3 Å². The predicted octanol–water partition coefficient (Wildman–Crippen LogP) is 12.1. The summed E-state index contributed by atoms with van der Waals surface area (Å²) in [5.74, 6) is 0.156. The third-order valence-corrected chi connectivity index (χ3v) is 20.9. The van der Waals surface area contributed by atoms with E-state index >= 15 is 0 Å². The number of rotatable bonds is 19. The summed E-state index contributed by atoms with van der Waals surface area (Å²) >= 11 is 5.07. The Balaban J connectivity index is 3.16. The number of aryl methyl sites for hydroxylation is 1. The number of Topliss-reactive ketones (excluding diaryl/α,β-unsaturated/α-hetero) is 1. The maximum absolute atomic E-state index is 13.8. The Morgan fingerprint density at radius 1 is 0.980 bits per heavy atom. The first-order valence-corrected chi connectivity index (χ1v) is 25.7. The number of hydrogen-bond donors (Lipinski definition) is 0. The molecular formula is C39H70BrNO5SSi2. The van der Waals surface area contributed by atoms with Gasteiger partial charge in [-0.25, -0.2) is 4.98 Å². The molecule has 3 unspecified atom stereocenters. The molecule has 0 bridgehead atoms. The van der Waals surface area contributed by atoms with Crippen LogP contribution >= 0.6 is 27.3 Å². The molecule has 0 N–H and O–H groups in total. The number of halogens is 1. The van der Waals surface area contributed by atoms with Gasteiger partial charge in [0.25, 0.3) is 0 Å². The van der Waals surface area contributed by atoms with Gasteiger partial charge in [0.05, 0.1) is 28.1 Å². The summed E-state index contributed by atoms with van der Waals surface area (Å²) < 4.78 is 19.5. The largest absolute Gasteiger partial charge is 0.457 e. The minimum atomic E-state index is -2.32. The number of carbonyl (C=O) groups excluding carboxylic acids is 2. The molecule has 0 radical (unpaired) electrons. The molecule has 0 saturated heterocycles. The minimum Gasteiger partial charge on any atom is -0.457 e. The van der Waals surface area contributed by atoms with E-state index in [1.165, 1.54) is 5.57 Å². The summed E-state index contributed by atoms with van der Waals surface area (Å²) in [6, 6.07) is 0. The fourth-order valence-electron chi connectivity index (χ4n) is 4.90. The number of nitrogens with zero attached hydrogens (tertiary/aromatic N) is 1. The van der Waals surface area contributed by atoms with E-state index in [-0.39, 0.29) is 33.1 Å². The van der Waals surface area contributed by atoms with Crippen molar-refractivity contribution in [3.8, 4) is 0 Å². The van der Waals surface area contributed by atoms with Crippen LogP contribution in [0.1, 0.15) is 126 Å². The van der Waals surface area contributed by atoms with Crippen LogP contribution in [0.5, 0.6) is 0 Å². The Morgan fingerprint density at radius 2 is 1.55 bits per heavy atom. The lowest BCUT2D eigenvalue weighted by Crippen LogP contribution is -2.51. The van der Waals surface area contributed by atoms with E-state index in [0.29, 0.717) is 12.3 Å². The average Bonchev–Trinajstić information content (AvgIpc) is 3.35. The maximum atomic E-state index is 13.8. The van der Waals surface area contributed by atoms with Gasteiger partial charge in [-0.05, 0) is 101 Å². The highest BCUT2D eigenvalue weighted by atomic mass is 79.9. The molecule has 0 spiro atoms. The summed E-state index contributed by atoms with van der Waals surface area (Å²) in [6.45, 7) is 37.1.